The van der Waals surface area contributed by atoms with Crippen molar-refractivity contribution in [2.75, 3.05) is 12.4 Å². The summed E-state index contributed by atoms with van der Waals surface area (Å²) in [6.07, 6.45) is 7.43. The minimum absolute atomic E-state index is 0.304. The minimum atomic E-state index is 0.304. The Kier molecular flexibility index (Phi) is 5.55. The Morgan fingerprint density at radius 1 is 1.07 bits per heavy atom. The zero-order valence-electron chi connectivity index (χ0n) is 15.8. The summed E-state index contributed by atoms with van der Waals surface area (Å²) in [4.78, 5) is 4.12. The molecule has 3 heterocycles. The van der Waals surface area contributed by atoms with E-state index in [0.29, 0.717) is 6.10 Å². The van der Waals surface area contributed by atoms with Gasteiger partial charge in [0.25, 0.3) is 0 Å². The van der Waals surface area contributed by atoms with Crippen LogP contribution >= 0.6 is 11.8 Å². The molecule has 4 rings (SSSR count). The number of aromatic nitrogens is 4. The van der Waals surface area contributed by atoms with Gasteiger partial charge in [-0.05, 0) is 68.5 Å². The lowest BCUT2D eigenvalue weighted by Crippen LogP contribution is -2.21. The SMILES string of the molecule is Cc1ccc(-n2c(SCC3CCCCO3)nnc2-c2ccncc2)cc1C. The van der Waals surface area contributed by atoms with Gasteiger partial charge in [0, 0.05) is 30.3 Å². The summed E-state index contributed by atoms with van der Waals surface area (Å²) >= 11 is 1.72. The van der Waals surface area contributed by atoms with E-state index in [4.69, 9.17) is 4.74 Å². The maximum absolute atomic E-state index is 5.88. The van der Waals surface area contributed by atoms with Crippen LogP contribution < -0.4 is 0 Å². The van der Waals surface area contributed by atoms with Crippen molar-refractivity contribution in [3.63, 3.8) is 0 Å². The van der Waals surface area contributed by atoms with Crippen LogP contribution in [0.2, 0.25) is 0 Å². The van der Waals surface area contributed by atoms with Crippen LogP contribution in [-0.4, -0.2) is 38.2 Å². The van der Waals surface area contributed by atoms with Gasteiger partial charge in [0.05, 0.1) is 11.8 Å². The highest BCUT2D eigenvalue weighted by Crippen LogP contribution is 2.30. The number of hydrogen-bond acceptors (Lipinski definition) is 5. The van der Waals surface area contributed by atoms with Crippen molar-refractivity contribution in [3.8, 4) is 17.1 Å². The van der Waals surface area contributed by atoms with Crippen LogP contribution in [0.15, 0.2) is 47.9 Å². The third-order valence-corrected chi connectivity index (χ3v) is 6.05. The normalized spacial score (nSPS) is 17.2. The molecular formula is C21H24N4OS. The van der Waals surface area contributed by atoms with Gasteiger partial charge < -0.3 is 4.74 Å². The lowest BCUT2D eigenvalue weighted by atomic mass is 10.1. The first-order valence-corrected chi connectivity index (χ1v) is 10.4. The smallest absolute Gasteiger partial charge is 0.196 e. The maximum Gasteiger partial charge on any atom is 0.196 e. The van der Waals surface area contributed by atoms with E-state index in [2.05, 4.69) is 51.8 Å². The Bertz CT molecular complexity index is 904. The van der Waals surface area contributed by atoms with E-state index >= 15 is 0 Å². The van der Waals surface area contributed by atoms with Crippen molar-refractivity contribution in [3.05, 3.63) is 53.9 Å². The highest BCUT2D eigenvalue weighted by Gasteiger charge is 2.20. The second kappa shape index (κ2) is 8.23. The minimum Gasteiger partial charge on any atom is -0.377 e. The van der Waals surface area contributed by atoms with E-state index < -0.39 is 0 Å². The number of ether oxygens (including phenoxy) is 1. The maximum atomic E-state index is 5.88. The zero-order valence-corrected chi connectivity index (χ0v) is 16.6. The first-order valence-electron chi connectivity index (χ1n) is 9.40. The van der Waals surface area contributed by atoms with Crippen LogP contribution in [0.3, 0.4) is 0 Å². The predicted octanol–water partition coefficient (Wildman–Crippen LogP) is 4.61. The average Bonchev–Trinajstić information content (AvgIpc) is 3.14. The second-order valence-corrected chi connectivity index (χ2v) is 7.93. The molecule has 0 amide bonds. The lowest BCUT2D eigenvalue weighted by molar-refractivity contribution is 0.0315. The molecule has 1 atom stereocenters. The van der Waals surface area contributed by atoms with Gasteiger partial charge in [-0.2, -0.15) is 0 Å². The lowest BCUT2D eigenvalue weighted by Gasteiger charge is -2.22. The van der Waals surface area contributed by atoms with Crippen LogP contribution in [0.5, 0.6) is 0 Å². The Labute approximate surface area is 164 Å². The third kappa shape index (κ3) is 4.06. The molecule has 6 heteroatoms. The summed E-state index contributed by atoms with van der Waals surface area (Å²) in [5.74, 6) is 1.74. The fourth-order valence-corrected chi connectivity index (χ4v) is 4.27. The van der Waals surface area contributed by atoms with Crippen molar-refractivity contribution in [1.29, 1.82) is 0 Å². The van der Waals surface area contributed by atoms with Gasteiger partial charge in [0.1, 0.15) is 0 Å². The molecule has 1 fully saturated rings. The van der Waals surface area contributed by atoms with Crippen molar-refractivity contribution < 1.29 is 4.74 Å². The molecule has 1 aliphatic heterocycles. The van der Waals surface area contributed by atoms with E-state index in [9.17, 15) is 0 Å². The molecule has 0 N–H and O–H groups in total. The third-order valence-electron chi connectivity index (χ3n) is 4.99. The van der Waals surface area contributed by atoms with Gasteiger partial charge in [-0.1, -0.05) is 17.8 Å². The number of thioether (sulfide) groups is 1. The number of rotatable bonds is 5. The number of benzene rings is 1. The largest absolute Gasteiger partial charge is 0.377 e. The molecule has 0 spiro atoms. The van der Waals surface area contributed by atoms with Crippen molar-refractivity contribution in [2.24, 2.45) is 0 Å². The van der Waals surface area contributed by atoms with Gasteiger partial charge in [0.2, 0.25) is 0 Å². The summed E-state index contributed by atoms with van der Waals surface area (Å²) in [7, 11) is 0. The molecule has 1 saturated heterocycles. The summed E-state index contributed by atoms with van der Waals surface area (Å²) in [6, 6.07) is 10.4. The molecule has 1 aromatic carbocycles. The number of pyridine rings is 1. The highest BCUT2D eigenvalue weighted by atomic mass is 32.2. The molecule has 1 unspecified atom stereocenters. The monoisotopic (exact) mass is 380 g/mol. The van der Waals surface area contributed by atoms with E-state index in [1.165, 1.54) is 24.0 Å². The van der Waals surface area contributed by atoms with Crippen LogP contribution in [0.1, 0.15) is 30.4 Å². The van der Waals surface area contributed by atoms with Gasteiger partial charge in [-0.25, -0.2) is 0 Å². The Hall–Kier alpha value is -2.18. The van der Waals surface area contributed by atoms with Crippen LogP contribution in [0, 0.1) is 13.8 Å². The molecule has 27 heavy (non-hydrogen) atoms. The summed E-state index contributed by atoms with van der Waals surface area (Å²) < 4.78 is 8.03. The molecule has 0 radical (unpaired) electrons. The molecule has 0 saturated carbocycles. The molecule has 3 aromatic rings. The van der Waals surface area contributed by atoms with E-state index in [-0.39, 0.29) is 0 Å². The first kappa shape index (κ1) is 18.2. The van der Waals surface area contributed by atoms with E-state index in [1.54, 1.807) is 24.2 Å². The van der Waals surface area contributed by atoms with Crippen LogP contribution in [-0.2, 0) is 4.74 Å². The average molecular weight is 381 g/mol. The standard InChI is InChI=1S/C21H24N4OS/c1-15-6-7-18(13-16(15)2)25-20(17-8-10-22-11-9-17)23-24-21(25)27-14-19-5-3-4-12-26-19/h6-11,13,19H,3-5,12,14H2,1-2H3. The second-order valence-electron chi connectivity index (χ2n) is 6.95. The van der Waals surface area contributed by atoms with Crippen molar-refractivity contribution in [1.82, 2.24) is 19.7 Å². The van der Waals surface area contributed by atoms with Gasteiger partial charge in [0.15, 0.2) is 11.0 Å². The first-order chi connectivity index (χ1) is 13.2. The molecule has 1 aliphatic rings. The molecular weight excluding hydrogens is 356 g/mol. The van der Waals surface area contributed by atoms with E-state index in [0.717, 1.165) is 41.0 Å². The molecule has 2 aromatic heterocycles. The molecule has 140 valence electrons. The topological polar surface area (TPSA) is 52.8 Å². The van der Waals surface area contributed by atoms with Gasteiger partial charge >= 0.3 is 0 Å². The zero-order chi connectivity index (χ0) is 18.6. The number of nitrogens with zero attached hydrogens (tertiary/aromatic N) is 4. The Morgan fingerprint density at radius 3 is 2.67 bits per heavy atom. The molecule has 5 nitrogen and oxygen atoms in total. The van der Waals surface area contributed by atoms with Crippen LogP contribution in [0.25, 0.3) is 17.1 Å². The van der Waals surface area contributed by atoms with Crippen LogP contribution in [0.4, 0.5) is 0 Å². The van der Waals surface area contributed by atoms with E-state index in [1.807, 2.05) is 12.1 Å². The summed E-state index contributed by atoms with van der Waals surface area (Å²) in [6.45, 7) is 5.14. The van der Waals surface area contributed by atoms with Crippen molar-refractivity contribution in [2.45, 2.75) is 44.4 Å². The summed E-state index contributed by atoms with van der Waals surface area (Å²) in [5.41, 5.74) is 4.63. The van der Waals surface area contributed by atoms with Crippen molar-refractivity contribution >= 4 is 11.8 Å². The summed E-state index contributed by atoms with van der Waals surface area (Å²) in [5, 5.41) is 9.91. The predicted molar refractivity (Wildman–Crippen MR) is 108 cm³/mol. The molecule has 0 aliphatic carbocycles. The fourth-order valence-electron chi connectivity index (χ4n) is 3.26. The van der Waals surface area contributed by atoms with Gasteiger partial charge in [-0.15, -0.1) is 10.2 Å². The fraction of sp³-hybridized carbons (Fsp3) is 0.381. The number of aryl methyl sites for hydroxylation is 2. The Balaban J connectivity index is 1.70. The Morgan fingerprint density at radius 2 is 1.93 bits per heavy atom. The number of hydrogen-bond donors (Lipinski definition) is 0. The quantitative estimate of drug-likeness (QED) is 0.605. The molecule has 0 bridgehead atoms. The highest BCUT2D eigenvalue weighted by molar-refractivity contribution is 7.99. The van der Waals surface area contributed by atoms with Gasteiger partial charge in [-0.3, -0.25) is 9.55 Å².